The van der Waals surface area contributed by atoms with Gasteiger partial charge >= 0.3 is 0 Å². The summed E-state index contributed by atoms with van der Waals surface area (Å²) in [6.07, 6.45) is -0.0931. The number of aliphatic hydroxyl groups is 1. The van der Waals surface area contributed by atoms with Crippen LogP contribution in [0.5, 0.6) is 0 Å². The van der Waals surface area contributed by atoms with Gasteiger partial charge in [0.05, 0.1) is 12.1 Å². The van der Waals surface area contributed by atoms with Crippen molar-refractivity contribution in [2.45, 2.75) is 25.1 Å². The monoisotopic (exact) mass is 434 g/mol. The van der Waals surface area contributed by atoms with E-state index in [1.54, 1.807) is 0 Å². The Bertz CT molecular complexity index is 1240. The van der Waals surface area contributed by atoms with Crippen LogP contribution >= 0.6 is 0 Å². The summed E-state index contributed by atoms with van der Waals surface area (Å²) in [6.45, 7) is 0.676. The summed E-state index contributed by atoms with van der Waals surface area (Å²) in [5.74, 6) is -0.181. The molecule has 0 fully saturated rings. The molecule has 0 saturated carbocycles. The first-order chi connectivity index (χ1) is 16.2. The predicted molar refractivity (Wildman–Crippen MR) is 132 cm³/mol. The Morgan fingerprint density at radius 2 is 1.48 bits per heavy atom. The highest BCUT2D eigenvalue weighted by molar-refractivity contribution is 5.95. The first kappa shape index (κ1) is 21.0. The number of hydrogen-bond donors (Lipinski definition) is 3. The fourth-order valence-corrected chi connectivity index (χ4v) is 4.38. The van der Waals surface area contributed by atoms with E-state index >= 15 is 0 Å². The van der Waals surface area contributed by atoms with Crippen molar-refractivity contribution in [2.75, 3.05) is 5.32 Å². The van der Waals surface area contributed by atoms with E-state index in [9.17, 15) is 9.90 Å². The number of nitrogens with one attached hydrogen (secondary N) is 2. The van der Waals surface area contributed by atoms with Crippen LogP contribution in [0.2, 0.25) is 0 Å². The molecule has 4 heteroatoms. The number of aliphatic hydroxyl groups excluding tert-OH is 1. The lowest BCUT2D eigenvalue weighted by Crippen LogP contribution is -2.33. The van der Waals surface area contributed by atoms with Crippen LogP contribution in [0.4, 0.5) is 5.69 Å². The van der Waals surface area contributed by atoms with Gasteiger partial charge in [0.15, 0.2) is 0 Å². The van der Waals surface area contributed by atoms with E-state index in [1.807, 2.05) is 84.9 Å². The molecule has 1 amide bonds. The van der Waals surface area contributed by atoms with Crippen molar-refractivity contribution in [2.24, 2.45) is 0 Å². The normalized spacial score (nSPS) is 16.8. The first-order valence-electron chi connectivity index (χ1n) is 11.2. The van der Waals surface area contributed by atoms with Crippen molar-refractivity contribution >= 4 is 11.6 Å². The van der Waals surface area contributed by atoms with E-state index in [1.165, 1.54) is 0 Å². The van der Waals surface area contributed by atoms with Gasteiger partial charge < -0.3 is 15.7 Å². The second-order valence-corrected chi connectivity index (χ2v) is 8.42. The SMILES string of the molecule is O=C(N[C@@H]1c2cc(CNc3ccccc3)ccc2C[C@H]1O)c1ccc(-c2ccccc2)cc1. The molecule has 2 atom stereocenters. The summed E-state index contributed by atoms with van der Waals surface area (Å²) >= 11 is 0. The Kier molecular flexibility index (Phi) is 5.92. The second-order valence-electron chi connectivity index (χ2n) is 8.42. The minimum absolute atomic E-state index is 0.181. The predicted octanol–water partition coefficient (Wildman–Crippen LogP) is 5.35. The lowest BCUT2D eigenvalue weighted by Gasteiger charge is -2.19. The number of hydrogen-bond acceptors (Lipinski definition) is 3. The molecule has 5 rings (SSSR count). The Balaban J connectivity index is 1.29. The van der Waals surface area contributed by atoms with Gasteiger partial charge in [-0.3, -0.25) is 4.79 Å². The van der Waals surface area contributed by atoms with E-state index in [-0.39, 0.29) is 5.91 Å². The quantitative estimate of drug-likeness (QED) is 0.383. The smallest absolute Gasteiger partial charge is 0.251 e. The van der Waals surface area contributed by atoms with E-state index in [2.05, 4.69) is 28.8 Å². The lowest BCUT2D eigenvalue weighted by atomic mass is 10.0. The summed E-state index contributed by atoms with van der Waals surface area (Å²) in [7, 11) is 0. The van der Waals surface area contributed by atoms with E-state index in [0.29, 0.717) is 18.5 Å². The van der Waals surface area contributed by atoms with Gasteiger partial charge in [0, 0.05) is 24.2 Å². The number of anilines is 1. The van der Waals surface area contributed by atoms with Crippen LogP contribution in [0, 0.1) is 0 Å². The van der Waals surface area contributed by atoms with Crippen LogP contribution in [0.25, 0.3) is 11.1 Å². The molecule has 0 radical (unpaired) electrons. The van der Waals surface area contributed by atoms with Gasteiger partial charge in [-0.2, -0.15) is 0 Å². The molecule has 0 bridgehead atoms. The van der Waals surface area contributed by atoms with Crippen LogP contribution in [-0.2, 0) is 13.0 Å². The molecule has 4 aromatic carbocycles. The molecule has 1 aliphatic rings. The molecule has 164 valence electrons. The zero-order chi connectivity index (χ0) is 22.6. The van der Waals surface area contributed by atoms with Gasteiger partial charge in [0.2, 0.25) is 0 Å². The van der Waals surface area contributed by atoms with Crippen LogP contribution in [0.15, 0.2) is 103 Å². The average Bonchev–Trinajstić information content (AvgIpc) is 3.18. The topological polar surface area (TPSA) is 61.4 Å². The van der Waals surface area contributed by atoms with Gasteiger partial charge in [0.25, 0.3) is 5.91 Å². The maximum absolute atomic E-state index is 13.0. The summed E-state index contributed by atoms with van der Waals surface area (Å²) in [5, 5.41) is 17.1. The minimum Gasteiger partial charge on any atom is -0.390 e. The first-order valence-corrected chi connectivity index (χ1v) is 11.2. The molecule has 0 unspecified atom stereocenters. The summed E-state index contributed by atoms with van der Waals surface area (Å²) < 4.78 is 0. The van der Waals surface area contributed by atoms with Crippen molar-refractivity contribution in [3.63, 3.8) is 0 Å². The largest absolute Gasteiger partial charge is 0.390 e. The third-order valence-electron chi connectivity index (χ3n) is 6.17. The van der Waals surface area contributed by atoms with Gasteiger partial charge in [-0.05, 0) is 52.1 Å². The van der Waals surface area contributed by atoms with Gasteiger partial charge in [-0.1, -0.05) is 78.9 Å². The lowest BCUT2D eigenvalue weighted by molar-refractivity contribution is 0.0858. The number of para-hydroxylation sites is 1. The third kappa shape index (κ3) is 4.66. The minimum atomic E-state index is -0.634. The van der Waals surface area contributed by atoms with Gasteiger partial charge in [-0.25, -0.2) is 0 Å². The Hall–Kier alpha value is -3.89. The van der Waals surface area contributed by atoms with Crippen LogP contribution < -0.4 is 10.6 Å². The zero-order valence-corrected chi connectivity index (χ0v) is 18.2. The third-order valence-corrected chi connectivity index (χ3v) is 6.17. The average molecular weight is 435 g/mol. The molecule has 3 N–H and O–H groups in total. The number of amides is 1. The standard InChI is InChI=1S/C29H26N2O2/c32-27-18-24-12-11-20(19-30-25-9-5-2-6-10-25)17-26(24)28(27)31-29(33)23-15-13-22(14-16-23)21-7-3-1-4-8-21/h1-17,27-28,30,32H,18-19H2,(H,31,33)/t27-,28-/m1/s1. The molecule has 4 aromatic rings. The Morgan fingerprint density at radius 1 is 0.818 bits per heavy atom. The molecule has 0 spiro atoms. The zero-order valence-electron chi connectivity index (χ0n) is 18.2. The maximum atomic E-state index is 13.0. The van der Waals surface area contributed by atoms with E-state index in [4.69, 9.17) is 0 Å². The molecule has 0 heterocycles. The van der Waals surface area contributed by atoms with Gasteiger partial charge in [0.1, 0.15) is 0 Å². The molecule has 0 saturated heterocycles. The molecule has 0 aromatic heterocycles. The van der Waals surface area contributed by atoms with Crippen molar-refractivity contribution in [1.29, 1.82) is 0 Å². The molecule has 1 aliphatic carbocycles. The highest BCUT2D eigenvalue weighted by Gasteiger charge is 2.32. The highest BCUT2D eigenvalue weighted by atomic mass is 16.3. The fraction of sp³-hybridized carbons (Fsp3) is 0.138. The fourth-order valence-electron chi connectivity index (χ4n) is 4.38. The molecule has 33 heavy (non-hydrogen) atoms. The number of carbonyl (C=O) groups is 1. The molecule has 4 nitrogen and oxygen atoms in total. The highest BCUT2D eigenvalue weighted by Crippen LogP contribution is 2.33. The van der Waals surface area contributed by atoms with Crippen LogP contribution in [0.3, 0.4) is 0 Å². The Morgan fingerprint density at radius 3 is 2.21 bits per heavy atom. The van der Waals surface area contributed by atoms with E-state index < -0.39 is 12.1 Å². The number of benzene rings is 4. The molecular formula is C29H26N2O2. The number of rotatable bonds is 6. The van der Waals surface area contributed by atoms with Gasteiger partial charge in [-0.15, -0.1) is 0 Å². The summed E-state index contributed by atoms with van der Waals surface area (Å²) in [4.78, 5) is 13.0. The number of carbonyl (C=O) groups excluding carboxylic acids is 1. The van der Waals surface area contributed by atoms with Crippen molar-refractivity contribution in [3.05, 3.63) is 125 Å². The van der Waals surface area contributed by atoms with E-state index in [0.717, 1.165) is 33.5 Å². The van der Waals surface area contributed by atoms with Crippen LogP contribution in [-0.4, -0.2) is 17.1 Å². The second kappa shape index (κ2) is 9.31. The maximum Gasteiger partial charge on any atom is 0.251 e. The molecular weight excluding hydrogens is 408 g/mol. The molecule has 0 aliphatic heterocycles. The van der Waals surface area contributed by atoms with Crippen molar-refractivity contribution in [1.82, 2.24) is 5.32 Å². The number of fused-ring (bicyclic) bond motifs is 1. The van der Waals surface area contributed by atoms with Crippen LogP contribution in [0.1, 0.15) is 33.1 Å². The summed E-state index contributed by atoms with van der Waals surface area (Å²) in [5.41, 5.74) is 6.99. The van der Waals surface area contributed by atoms with Crippen molar-refractivity contribution in [3.8, 4) is 11.1 Å². The Labute approximate surface area is 193 Å². The van der Waals surface area contributed by atoms with Crippen molar-refractivity contribution < 1.29 is 9.90 Å². The summed E-state index contributed by atoms with van der Waals surface area (Å²) in [6, 6.07) is 33.5.